The summed E-state index contributed by atoms with van der Waals surface area (Å²) in [6.45, 7) is -2.14. The molecule has 1 unspecified atom stereocenters. The van der Waals surface area contributed by atoms with E-state index >= 15 is 0 Å². The number of carbonyl (C=O) groups excluding carboxylic acids is 1. The van der Waals surface area contributed by atoms with Crippen molar-refractivity contribution in [3.63, 3.8) is 0 Å². The van der Waals surface area contributed by atoms with Gasteiger partial charge in [-0.1, -0.05) is 6.07 Å². The highest BCUT2D eigenvalue weighted by Crippen LogP contribution is 2.43. The third-order valence-electron chi connectivity index (χ3n) is 7.00. The van der Waals surface area contributed by atoms with Crippen LogP contribution < -0.4 is 0 Å². The van der Waals surface area contributed by atoms with E-state index in [0.29, 0.717) is 36.4 Å². The highest BCUT2D eigenvalue weighted by atomic mass is 19.4. The Morgan fingerprint density at radius 1 is 0.864 bits per heavy atom. The van der Waals surface area contributed by atoms with Crippen molar-refractivity contribution >= 4 is 6.09 Å². The molecule has 1 fully saturated rings. The number of carbonyl (C=O) groups is 1. The van der Waals surface area contributed by atoms with Crippen molar-refractivity contribution in [2.75, 3.05) is 0 Å². The van der Waals surface area contributed by atoms with Crippen LogP contribution in [0.5, 0.6) is 5.75 Å². The number of ether oxygens (including phenoxy) is 1. The largest absolute Gasteiger partial charge is 0.507 e. The van der Waals surface area contributed by atoms with Gasteiger partial charge in [-0.15, -0.1) is 0 Å². The summed E-state index contributed by atoms with van der Waals surface area (Å²) in [5.74, 6) is -2.29. The summed E-state index contributed by atoms with van der Waals surface area (Å²) in [6.07, 6.45) is -18.5. The van der Waals surface area contributed by atoms with Crippen LogP contribution in [0, 0.1) is 5.82 Å². The fourth-order valence-corrected chi connectivity index (χ4v) is 4.80. The molecule has 0 aliphatic carbocycles. The van der Waals surface area contributed by atoms with Gasteiger partial charge in [0.2, 0.25) is 0 Å². The number of amides is 1. The zero-order chi connectivity index (χ0) is 35.7. The summed E-state index contributed by atoms with van der Waals surface area (Å²) in [6, 6.07) is 2.19. The molecule has 0 aromatic heterocycles. The number of aliphatic hydroxyl groups is 1. The fourth-order valence-electron chi connectivity index (χ4n) is 4.80. The first-order valence-electron chi connectivity index (χ1n) is 14.0. The molecule has 44 heavy (non-hydrogen) atoms. The van der Waals surface area contributed by atoms with Gasteiger partial charge in [0.05, 0.1) is 34.9 Å². The normalized spacial score (nSPS) is 20.5. The number of halogens is 10. The van der Waals surface area contributed by atoms with Crippen molar-refractivity contribution in [3.8, 4) is 16.9 Å². The Hall–Kier alpha value is -4.01. The predicted octanol–water partition coefficient (Wildman–Crippen LogP) is 8.56. The van der Waals surface area contributed by atoms with Crippen molar-refractivity contribution in [1.82, 2.24) is 4.90 Å². The van der Waals surface area contributed by atoms with Crippen molar-refractivity contribution < 1.29 is 67.8 Å². The zero-order valence-corrected chi connectivity index (χ0v) is 22.4. The number of hydrogen-bond acceptors (Lipinski definition) is 4. The molecule has 5 nitrogen and oxygen atoms in total. The highest BCUT2D eigenvalue weighted by Gasteiger charge is 2.44. The van der Waals surface area contributed by atoms with E-state index in [-0.39, 0.29) is 11.6 Å². The molecule has 2 N–H and O–H groups in total. The molecule has 3 aromatic carbocycles. The number of alkyl halides is 9. The molecule has 1 saturated heterocycles. The van der Waals surface area contributed by atoms with Crippen molar-refractivity contribution in [3.05, 3.63) is 87.7 Å². The van der Waals surface area contributed by atoms with Crippen LogP contribution in [0.15, 0.2) is 48.5 Å². The summed E-state index contributed by atoms with van der Waals surface area (Å²) in [5, 5.41) is 21.2. The topological polar surface area (TPSA) is 70.0 Å². The van der Waals surface area contributed by atoms with Crippen LogP contribution in [0.2, 0.25) is 0 Å². The van der Waals surface area contributed by atoms with Gasteiger partial charge in [0.15, 0.2) is 0 Å². The quantitative estimate of drug-likeness (QED) is 0.216. The van der Waals surface area contributed by atoms with Crippen molar-refractivity contribution in [2.24, 2.45) is 0 Å². The number of hydrogen-bond donors (Lipinski definition) is 2. The Bertz CT molecular complexity index is 1670. The maximum Gasteiger partial charge on any atom is 0.416 e. The fraction of sp³-hybridized carbons (Fsp3) is 0.345. The van der Waals surface area contributed by atoms with Gasteiger partial charge in [0.25, 0.3) is 0 Å². The minimum Gasteiger partial charge on any atom is -0.507 e. The maximum absolute atomic E-state index is 14.8. The lowest BCUT2D eigenvalue weighted by molar-refractivity contribution is -0.143. The van der Waals surface area contributed by atoms with E-state index in [9.17, 15) is 58.9 Å². The van der Waals surface area contributed by atoms with Gasteiger partial charge in [-0.25, -0.2) is 9.18 Å². The van der Waals surface area contributed by atoms with E-state index in [2.05, 4.69) is 0 Å². The van der Waals surface area contributed by atoms with E-state index in [1.165, 1.54) is 0 Å². The second-order valence-electron chi connectivity index (χ2n) is 10.3. The lowest BCUT2D eigenvalue weighted by Gasteiger charge is -2.25. The van der Waals surface area contributed by atoms with Gasteiger partial charge in [0.1, 0.15) is 17.7 Å². The molecule has 3 aromatic rings. The smallest absolute Gasteiger partial charge is 0.416 e. The van der Waals surface area contributed by atoms with E-state index in [4.69, 9.17) is 8.85 Å². The van der Waals surface area contributed by atoms with Crippen LogP contribution in [0.3, 0.4) is 0 Å². The van der Waals surface area contributed by atoms with Crippen LogP contribution in [0.1, 0.15) is 64.3 Å². The molecular weight excluding hydrogens is 618 g/mol. The number of benzene rings is 3. The van der Waals surface area contributed by atoms with Crippen molar-refractivity contribution in [2.45, 2.75) is 63.5 Å². The van der Waals surface area contributed by atoms with Crippen LogP contribution in [-0.2, 0) is 35.4 Å². The van der Waals surface area contributed by atoms with Gasteiger partial charge < -0.3 is 14.9 Å². The first kappa shape index (κ1) is 28.7. The number of cyclic esters (lactones) is 1. The van der Waals surface area contributed by atoms with Crippen LogP contribution >= 0.6 is 0 Å². The second kappa shape index (κ2) is 10.9. The third-order valence-corrected chi connectivity index (χ3v) is 7.00. The van der Waals surface area contributed by atoms with Crippen molar-refractivity contribution in [1.29, 1.82) is 0 Å². The minimum absolute atomic E-state index is 0.134. The van der Waals surface area contributed by atoms with Gasteiger partial charge in [-0.05, 0) is 73.8 Å². The average molecular weight is 644 g/mol. The lowest BCUT2D eigenvalue weighted by atomic mass is 9.94. The standard InChI is InChI=1S/C29H23F10NO4/c1-13-24(14-6-17(28(34,35)36)9-18(7-14)29(37,38)39)44-25(42)40(13)12-15-8-16(27(31,32)33)4-5-19(15)20-10-21(26(2,3)43)22(30)11-23(20)41/h4-11,13,24,41,43H,12H2,1-3H3/t13-,24-/m0/s1/i2D3,3+1,26+1/t13-,24-,26?. The zero-order valence-electron chi connectivity index (χ0n) is 25.4. The monoisotopic (exact) mass is 644 g/mol. The maximum atomic E-state index is 14.8. The van der Waals surface area contributed by atoms with Gasteiger partial charge in [-0.3, -0.25) is 4.90 Å². The molecular formula is C29H23F10NO4. The minimum atomic E-state index is -5.23. The number of phenolic OH excluding ortho intramolecular Hbond substituents is 1. The average Bonchev–Trinajstić information content (AvgIpc) is 3.19. The Morgan fingerprint density at radius 2 is 1.43 bits per heavy atom. The molecule has 0 radical (unpaired) electrons. The van der Waals surface area contributed by atoms with Gasteiger partial charge in [0, 0.05) is 21.3 Å². The number of phenols is 1. The first-order chi connectivity index (χ1) is 21.2. The molecule has 238 valence electrons. The molecule has 1 heterocycles. The molecule has 1 amide bonds. The summed E-state index contributed by atoms with van der Waals surface area (Å²) >= 11 is 0. The summed E-state index contributed by atoms with van der Waals surface area (Å²) in [5.41, 5.74) is -10.3. The molecule has 0 saturated carbocycles. The van der Waals surface area contributed by atoms with E-state index in [1.54, 1.807) is 0 Å². The lowest BCUT2D eigenvalue weighted by Crippen LogP contribution is -2.32. The molecule has 1 aliphatic rings. The molecule has 1 aliphatic heterocycles. The van der Waals surface area contributed by atoms with Crippen LogP contribution in [0.4, 0.5) is 48.7 Å². The van der Waals surface area contributed by atoms with E-state index in [0.717, 1.165) is 24.8 Å². The molecule has 4 rings (SSSR count). The second-order valence-corrected chi connectivity index (χ2v) is 10.3. The van der Waals surface area contributed by atoms with E-state index in [1.807, 2.05) is 0 Å². The Labute approximate surface area is 247 Å². The molecule has 0 bridgehead atoms. The Balaban J connectivity index is 1.83. The molecule has 15 heteroatoms. The van der Waals surface area contributed by atoms with Gasteiger partial charge >= 0.3 is 24.6 Å². The first-order valence-corrected chi connectivity index (χ1v) is 12.5. The SMILES string of the molecule is [2H]C([2H])([2H])[13C]([13CH3])(O)c1cc(-c2ccc(C(F)(F)F)cc2CN2C(=O)O[C@H](c3cc(C(F)(F)F)cc(C(F)(F)F)c3)[C@@H]2C)c(O)cc1F. The highest BCUT2D eigenvalue weighted by molar-refractivity contribution is 5.76. The summed E-state index contributed by atoms with van der Waals surface area (Å²) in [7, 11) is 0. The number of aromatic hydroxyl groups is 1. The third kappa shape index (κ3) is 6.56. The molecule has 0 spiro atoms. The van der Waals surface area contributed by atoms with Crippen LogP contribution in [-0.4, -0.2) is 27.2 Å². The van der Waals surface area contributed by atoms with Crippen LogP contribution in [0.25, 0.3) is 11.1 Å². The molecule has 3 atom stereocenters. The summed E-state index contributed by atoms with van der Waals surface area (Å²) < 4.78 is 164. The van der Waals surface area contributed by atoms with E-state index < -0.39 is 106 Å². The summed E-state index contributed by atoms with van der Waals surface area (Å²) in [4.78, 5) is 13.6. The Morgan fingerprint density at radius 3 is 1.95 bits per heavy atom. The predicted molar refractivity (Wildman–Crippen MR) is 134 cm³/mol. The number of rotatable bonds is 5. The van der Waals surface area contributed by atoms with Gasteiger partial charge in [-0.2, -0.15) is 39.5 Å². The Kier molecular flexibility index (Phi) is 7.09. The number of nitrogens with zero attached hydrogens (tertiary/aromatic N) is 1.